The van der Waals surface area contributed by atoms with Crippen molar-refractivity contribution in [2.75, 3.05) is 19.9 Å². The van der Waals surface area contributed by atoms with E-state index in [4.69, 9.17) is 25.8 Å². The van der Waals surface area contributed by atoms with Crippen LogP contribution in [0.2, 0.25) is 5.02 Å². The molecule has 1 aliphatic rings. The summed E-state index contributed by atoms with van der Waals surface area (Å²) in [5.41, 5.74) is 0.821. The maximum absolute atomic E-state index is 12.4. The minimum atomic E-state index is -0.735. The molecule has 2 amide bonds. The lowest BCUT2D eigenvalue weighted by Gasteiger charge is -2.15. The molecule has 1 aromatic heterocycles. The number of carbonyl (C=O) groups excluding carboxylic acids is 3. The van der Waals surface area contributed by atoms with E-state index in [1.807, 2.05) is 30.3 Å². The van der Waals surface area contributed by atoms with Gasteiger partial charge in [-0.05, 0) is 30.7 Å². The monoisotopic (exact) mass is 474 g/mol. The first kappa shape index (κ1) is 21.9. The van der Waals surface area contributed by atoms with Gasteiger partial charge in [-0.2, -0.15) is 0 Å². The number of rotatable bonds is 7. The fourth-order valence-electron chi connectivity index (χ4n) is 3.14. The van der Waals surface area contributed by atoms with Crippen LogP contribution in [0.25, 0.3) is 10.1 Å². The summed E-state index contributed by atoms with van der Waals surface area (Å²) in [5.74, 6) is -0.414. The Labute approximate surface area is 192 Å². The summed E-state index contributed by atoms with van der Waals surface area (Å²) in [6.07, 6.45) is 0. The zero-order valence-electron chi connectivity index (χ0n) is 17.0. The minimum absolute atomic E-state index is 0.168. The van der Waals surface area contributed by atoms with E-state index in [9.17, 15) is 14.4 Å². The molecule has 2 heterocycles. The molecule has 10 heteroatoms. The van der Waals surface area contributed by atoms with Crippen molar-refractivity contribution in [1.82, 2.24) is 10.6 Å². The normalized spacial score (nSPS) is 12.9. The summed E-state index contributed by atoms with van der Waals surface area (Å²) in [7, 11) is 0. The SMILES string of the molecule is CC(NC(=O)COC(=O)CNC(=O)c1sc2ccccc2c1Cl)c1ccc2c(c1)OCO2. The summed E-state index contributed by atoms with van der Waals surface area (Å²) < 4.78 is 16.4. The van der Waals surface area contributed by atoms with E-state index in [-0.39, 0.29) is 19.4 Å². The summed E-state index contributed by atoms with van der Waals surface area (Å²) >= 11 is 7.50. The van der Waals surface area contributed by atoms with Crippen LogP contribution in [-0.2, 0) is 14.3 Å². The molecule has 0 fully saturated rings. The largest absolute Gasteiger partial charge is 0.454 e. The van der Waals surface area contributed by atoms with Crippen LogP contribution in [0.15, 0.2) is 42.5 Å². The zero-order chi connectivity index (χ0) is 22.7. The number of amides is 2. The first-order valence-electron chi connectivity index (χ1n) is 9.72. The van der Waals surface area contributed by atoms with Crippen LogP contribution in [0.3, 0.4) is 0 Å². The van der Waals surface area contributed by atoms with Gasteiger partial charge in [0.1, 0.15) is 11.4 Å². The van der Waals surface area contributed by atoms with E-state index < -0.39 is 24.4 Å². The van der Waals surface area contributed by atoms with Crippen molar-refractivity contribution < 1.29 is 28.6 Å². The van der Waals surface area contributed by atoms with Gasteiger partial charge in [-0.25, -0.2) is 0 Å². The highest BCUT2D eigenvalue weighted by molar-refractivity contribution is 7.21. The molecule has 0 aliphatic carbocycles. The van der Waals surface area contributed by atoms with E-state index in [1.54, 1.807) is 19.1 Å². The zero-order valence-corrected chi connectivity index (χ0v) is 18.5. The van der Waals surface area contributed by atoms with Crippen molar-refractivity contribution in [3.8, 4) is 11.5 Å². The number of benzene rings is 2. The molecule has 1 unspecified atom stereocenters. The number of nitrogens with one attached hydrogen (secondary N) is 2. The predicted molar refractivity (Wildman–Crippen MR) is 119 cm³/mol. The Hall–Kier alpha value is -3.30. The van der Waals surface area contributed by atoms with E-state index >= 15 is 0 Å². The van der Waals surface area contributed by atoms with E-state index in [2.05, 4.69) is 10.6 Å². The Kier molecular flexibility index (Phi) is 6.48. The van der Waals surface area contributed by atoms with Crippen molar-refractivity contribution in [2.24, 2.45) is 0 Å². The Balaban J connectivity index is 1.23. The van der Waals surface area contributed by atoms with Gasteiger partial charge in [-0.15, -0.1) is 11.3 Å². The number of thiophene rings is 1. The lowest BCUT2D eigenvalue weighted by atomic mass is 10.1. The summed E-state index contributed by atoms with van der Waals surface area (Å²) in [6.45, 7) is 1.12. The number of hydrogen-bond acceptors (Lipinski definition) is 7. The van der Waals surface area contributed by atoms with Crippen LogP contribution in [0.1, 0.15) is 28.2 Å². The third-order valence-corrected chi connectivity index (χ3v) is 6.45. The number of ether oxygens (including phenoxy) is 3. The fraction of sp³-hybridized carbons (Fsp3) is 0.227. The molecule has 0 spiro atoms. The molecule has 0 saturated carbocycles. The predicted octanol–water partition coefficient (Wildman–Crippen LogP) is 3.43. The Bertz CT molecular complexity index is 1190. The molecule has 8 nitrogen and oxygen atoms in total. The van der Waals surface area contributed by atoms with Crippen molar-refractivity contribution in [2.45, 2.75) is 13.0 Å². The van der Waals surface area contributed by atoms with E-state index in [0.29, 0.717) is 21.4 Å². The molecule has 0 radical (unpaired) electrons. The molecule has 0 bridgehead atoms. The van der Waals surface area contributed by atoms with Gasteiger partial charge in [0.05, 0.1) is 11.1 Å². The van der Waals surface area contributed by atoms with Gasteiger partial charge in [0.25, 0.3) is 11.8 Å². The van der Waals surface area contributed by atoms with Gasteiger partial charge in [0, 0.05) is 10.1 Å². The summed E-state index contributed by atoms with van der Waals surface area (Å²) in [6, 6.07) is 12.4. The van der Waals surface area contributed by atoms with Crippen LogP contribution in [0, 0.1) is 0 Å². The number of esters is 1. The number of carbonyl (C=O) groups is 3. The molecule has 0 saturated heterocycles. The molecule has 1 aliphatic heterocycles. The highest BCUT2D eigenvalue weighted by Gasteiger charge is 2.19. The van der Waals surface area contributed by atoms with E-state index in [0.717, 1.165) is 15.6 Å². The molecular weight excluding hydrogens is 456 g/mol. The van der Waals surface area contributed by atoms with Gasteiger partial charge < -0.3 is 24.8 Å². The van der Waals surface area contributed by atoms with Gasteiger partial charge >= 0.3 is 5.97 Å². The Morgan fingerprint density at radius 2 is 1.94 bits per heavy atom. The lowest BCUT2D eigenvalue weighted by Crippen LogP contribution is -2.34. The van der Waals surface area contributed by atoms with Crippen LogP contribution < -0.4 is 20.1 Å². The van der Waals surface area contributed by atoms with Crippen LogP contribution in [0.5, 0.6) is 11.5 Å². The second kappa shape index (κ2) is 9.46. The highest BCUT2D eigenvalue weighted by atomic mass is 35.5. The van der Waals surface area contributed by atoms with Crippen molar-refractivity contribution >= 4 is 50.8 Å². The second-order valence-corrected chi connectivity index (χ2v) is 8.42. The highest BCUT2D eigenvalue weighted by Crippen LogP contribution is 2.35. The molecular formula is C22H19ClN2O6S. The Morgan fingerprint density at radius 1 is 1.16 bits per heavy atom. The molecule has 166 valence electrons. The third kappa shape index (κ3) is 4.79. The topological polar surface area (TPSA) is 103 Å². The van der Waals surface area contributed by atoms with Crippen molar-refractivity contribution in [3.63, 3.8) is 0 Å². The molecule has 1 atom stereocenters. The molecule has 2 N–H and O–H groups in total. The third-order valence-electron chi connectivity index (χ3n) is 4.77. The quantitative estimate of drug-likeness (QED) is 0.508. The molecule has 2 aromatic carbocycles. The average Bonchev–Trinajstić information content (AvgIpc) is 3.40. The second-order valence-electron chi connectivity index (χ2n) is 6.99. The molecule has 32 heavy (non-hydrogen) atoms. The smallest absolute Gasteiger partial charge is 0.325 e. The minimum Gasteiger partial charge on any atom is -0.454 e. The van der Waals surface area contributed by atoms with Gasteiger partial charge in [0.2, 0.25) is 6.79 Å². The van der Waals surface area contributed by atoms with Crippen molar-refractivity contribution in [3.05, 3.63) is 57.9 Å². The van der Waals surface area contributed by atoms with Crippen LogP contribution >= 0.6 is 22.9 Å². The van der Waals surface area contributed by atoms with Crippen LogP contribution in [-0.4, -0.2) is 37.7 Å². The molecule has 4 rings (SSSR count). The number of halogens is 1. The lowest BCUT2D eigenvalue weighted by molar-refractivity contribution is -0.147. The average molecular weight is 475 g/mol. The van der Waals surface area contributed by atoms with Gasteiger partial charge in [-0.1, -0.05) is 35.9 Å². The summed E-state index contributed by atoms with van der Waals surface area (Å²) in [5, 5.41) is 6.33. The molecule has 3 aromatic rings. The van der Waals surface area contributed by atoms with E-state index in [1.165, 1.54) is 11.3 Å². The first-order valence-corrected chi connectivity index (χ1v) is 10.9. The van der Waals surface area contributed by atoms with Crippen LogP contribution in [0.4, 0.5) is 0 Å². The van der Waals surface area contributed by atoms with Gasteiger partial charge in [-0.3, -0.25) is 14.4 Å². The number of hydrogen-bond donors (Lipinski definition) is 2. The standard InChI is InChI=1S/C22H19ClN2O6S/c1-12(13-6-7-15-16(8-13)31-11-30-15)25-18(26)10-29-19(27)9-24-22(28)21-20(23)14-4-2-3-5-17(14)32-21/h2-8,12H,9-11H2,1H3,(H,24,28)(H,25,26). The Morgan fingerprint density at radius 3 is 2.75 bits per heavy atom. The van der Waals surface area contributed by atoms with Crippen molar-refractivity contribution in [1.29, 1.82) is 0 Å². The maximum Gasteiger partial charge on any atom is 0.325 e. The first-order chi connectivity index (χ1) is 15.4. The number of fused-ring (bicyclic) bond motifs is 2. The summed E-state index contributed by atoms with van der Waals surface area (Å²) in [4.78, 5) is 36.8. The van der Waals surface area contributed by atoms with Gasteiger partial charge in [0.15, 0.2) is 18.1 Å². The maximum atomic E-state index is 12.4. The fourth-order valence-corrected chi connectivity index (χ4v) is 4.57.